The van der Waals surface area contributed by atoms with E-state index in [1.165, 1.54) is 5.56 Å². The van der Waals surface area contributed by atoms with Crippen LogP contribution in [0.1, 0.15) is 24.8 Å². The second-order valence-corrected chi connectivity index (χ2v) is 6.53. The molecule has 2 saturated heterocycles. The SMILES string of the molecule is O=C(CCc1ccccc1)N1CC[C@H]2[C@H]1CCN2c1ncccn1. The lowest BCUT2D eigenvalue weighted by atomic mass is 10.1. The number of amides is 1. The Bertz CT molecular complexity index is 691. The summed E-state index contributed by atoms with van der Waals surface area (Å²) in [6, 6.07) is 12.8. The van der Waals surface area contributed by atoms with Gasteiger partial charge in [-0.2, -0.15) is 0 Å². The third-order valence-corrected chi connectivity index (χ3v) is 5.18. The van der Waals surface area contributed by atoms with Crippen LogP contribution in [0.25, 0.3) is 0 Å². The van der Waals surface area contributed by atoms with Crippen molar-refractivity contribution in [1.82, 2.24) is 14.9 Å². The summed E-state index contributed by atoms with van der Waals surface area (Å²) >= 11 is 0. The molecule has 2 aromatic rings. The maximum Gasteiger partial charge on any atom is 0.225 e. The Balaban J connectivity index is 1.39. The minimum atomic E-state index is 0.280. The summed E-state index contributed by atoms with van der Waals surface area (Å²) in [5.74, 6) is 1.07. The monoisotopic (exact) mass is 322 g/mol. The average molecular weight is 322 g/mol. The van der Waals surface area contributed by atoms with E-state index in [0.29, 0.717) is 18.5 Å². The highest BCUT2D eigenvalue weighted by Gasteiger charge is 2.44. The van der Waals surface area contributed by atoms with Crippen LogP contribution in [0, 0.1) is 0 Å². The van der Waals surface area contributed by atoms with Crippen molar-refractivity contribution < 1.29 is 4.79 Å². The molecule has 2 aliphatic heterocycles. The van der Waals surface area contributed by atoms with Gasteiger partial charge in [0, 0.05) is 31.9 Å². The number of hydrogen-bond acceptors (Lipinski definition) is 4. The van der Waals surface area contributed by atoms with Crippen molar-refractivity contribution in [2.45, 2.75) is 37.8 Å². The van der Waals surface area contributed by atoms with Crippen LogP contribution in [0.15, 0.2) is 48.8 Å². The van der Waals surface area contributed by atoms with Crippen LogP contribution in [0.5, 0.6) is 0 Å². The number of benzene rings is 1. The number of anilines is 1. The summed E-state index contributed by atoms with van der Waals surface area (Å²) in [5.41, 5.74) is 1.23. The molecule has 0 saturated carbocycles. The van der Waals surface area contributed by atoms with Gasteiger partial charge in [-0.25, -0.2) is 9.97 Å². The molecule has 24 heavy (non-hydrogen) atoms. The molecular formula is C19H22N4O. The molecule has 1 aromatic carbocycles. The lowest BCUT2D eigenvalue weighted by molar-refractivity contribution is -0.131. The largest absolute Gasteiger partial charge is 0.337 e. The highest BCUT2D eigenvalue weighted by molar-refractivity contribution is 5.77. The fourth-order valence-corrected chi connectivity index (χ4v) is 4.02. The maximum absolute atomic E-state index is 12.7. The summed E-state index contributed by atoms with van der Waals surface area (Å²) in [6.07, 6.45) is 7.01. The van der Waals surface area contributed by atoms with E-state index in [-0.39, 0.29) is 5.91 Å². The zero-order valence-corrected chi connectivity index (χ0v) is 13.7. The summed E-state index contributed by atoms with van der Waals surface area (Å²) in [7, 11) is 0. The molecule has 4 rings (SSSR count). The van der Waals surface area contributed by atoms with Crippen LogP contribution >= 0.6 is 0 Å². The molecule has 5 nitrogen and oxygen atoms in total. The van der Waals surface area contributed by atoms with Gasteiger partial charge in [-0.05, 0) is 30.9 Å². The van der Waals surface area contributed by atoms with Crippen LogP contribution in [-0.2, 0) is 11.2 Å². The standard InChI is InChI=1S/C19H22N4O/c24-18(8-7-15-5-2-1-3-6-15)22-13-9-17-16(22)10-14-23(17)19-20-11-4-12-21-19/h1-6,11-12,16-17H,7-10,13-14H2/t16-,17+/m1/s1. The molecule has 2 fully saturated rings. The Morgan fingerprint density at radius 2 is 1.75 bits per heavy atom. The van der Waals surface area contributed by atoms with Crippen molar-refractivity contribution in [2.24, 2.45) is 0 Å². The molecule has 0 radical (unpaired) electrons. The van der Waals surface area contributed by atoms with Crippen LogP contribution in [0.2, 0.25) is 0 Å². The van der Waals surface area contributed by atoms with E-state index in [0.717, 1.165) is 38.3 Å². The lowest BCUT2D eigenvalue weighted by Gasteiger charge is -2.25. The second kappa shape index (κ2) is 6.59. The molecule has 5 heteroatoms. The number of carbonyl (C=O) groups is 1. The predicted molar refractivity (Wildman–Crippen MR) is 92.7 cm³/mol. The Morgan fingerprint density at radius 1 is 1.00 bits per heavy atom. The minimum Gasteiger partial charge on any atom is -0.337 e. The van der Waals surface area contributed by atoms with E-state index in [1.54, 1.807) is 12.4 Å². The van der Waals surface area contributed by atoms with Crippen LogP contribution in [0.4, 0.5) is 5.95 Å². The number of likely N-dealkylation sites (tertiary alicyclic amines) is 1. The van der Waals surface area contributed by atoms with Gasteiger partial charge in [-0.3, -0.25) is 4.79 Å². The number of aryl methyl sites for hydroxylation is 1. The first-order valence-electron chi connectivity index (χ1n) is 8.70. The molecule has 1 amide bonds. The normalized spacial score (nSPS) is 22.7. The fourth-order valence-electron chi connectivity index (χ4n) is 4.02. The number of hydrogen-bond donors (Lipinski definition) is 0. The van der Waals surface area contributed by atoms with Gasteiger partial charge in [0.25, 0.3) is 0 Å². The third-order valence-electron chi connectivity index (χ3n) is 5.18. The second-order valence-electron chi connectivity index (χ2n) is 6.53. The van der Waals surface area contributed by atoms with Crippen molar-refractivity contribution in [1.29, 1.82) is 0 Å². The third kappa shape index (κ3) is 2.86. The lowest BCUT2D eigenvalue weighted by Crippen LogP contribution is -2.40. The maximum atomic E-state index is 12.7. The van der Waals surface area contributed by atoms with E-state index in [9.17, 15) is 4.79 Å². The van der Waals surface area contributed by atoms with Gasteiger partial charge in [0.15, 0.2) is 0 Å². The van der Waals surface area contributed by atoms with E-state index >= 15 is 0 Å². The van der Waals surface area contributed by atoms with Gasteiger partial charge in [0.2, 0.25) is 11.9 Å². The molecule has 0 spiro atoms. The number of aromatic nitrogens is 2. The van der Waals surface area contributed by atoms with Gasteiger partial charge >= 0.3 is 0 Å². The van der Waals surface area contributed by atoms with Gasteiger partial charge in [-0.15, -0.1) is 0 Å². The molecule has 0 N–H and O–H groups in total. The smallest absolute Gasteiger partial charge is 0.225 e. The molecule has 3 heterocycles. The predicted octanol–water partition coefficient (Wildman–Crippen LogP) is 2.29. The Kier molecular flexibility index (Phi) is 4.15. The molecule has 1 aromatic heterocycles. The zero-order valence-electron chi connectivity index (χ0n) is 13.7. The van der Waals surface area contributed by atoms with Crippen molar-refractivity contribution in [3.05, 3.63) is 54.4 Å². The Morgan fingerprint density at radius 3 is 2.54 bits per heavy atom. The first kappa shape index (κ1) is 15.1. The summed E-state index contributed by atoms with van der Waals surface area (Å²) in [6.45, 7) is 1.79. The molecule has 2 atom stereocenters. The average Bonchev–Trinajstić information content (AvgIpc) is 3.23. The van der Waals surface area contributed by atoms with Crippen molar-refractivity contribution in [2.75, 3.05) is 18.0 Å². The van der Waals surface area contributed by atoms with E-state index in [1.807, 2.05) is 24.3 Å². The highest BCUT2D eigenvalue weighted by atomic mass is 16.2. The first-order chi connectivity index (χ1) is 11.8. The molecule has 124 valence electrons. The highest BCUT2D eigenvalue weighted by Crippen LogP contribution is 2.33. The number of carbonyl (C=O) groups excluding carboxylic acids is 1. The quantitative estimate of drug-likeness (QED) is 0.866. The molecule has 0 unspecified atom stereocenters. The fraction of sp³-hybridized carbons (Fsp3) is 0.421. The zero-order chi connectivity index (χ0) is 16.4. The van der Waals surface area contributed by atoms with Crippen molar-refractivity contribution in [3.8, 4) is 0 Å². The van der Waals surface area contributed by atoms with E-state index in [4.69, 9.17) is 0 Å². The molecule has 0 aliphatic carbocycles. The van der Waals surface area contributed by atoms with Gasteiger partial charge in [-0.1, -0.05) is 30.3 Å². The van der Waals surface area contributed by atoms with Crippen LogP contribution < -0.4 is 4.90 Å². The molecular weight excluding hydrogens is 300 g/mol. The van der Waals surface area contributed by atoms with Gasteiger partial charge in [0.05, 0.1) is 12.1 Å². The molecule has 0 bridgehead atoms. The summed E-state index contributed by atoms with van der Waals surface area (Å²) < 4.78 is 0. The summed E-state index contributed by atoms with van der Waals surface area (Å²) in [5, 5.41) is 0. The Hall–Kier alpha value is -2.43. The number of fused-ring (bicyclic) bond motifs is 1. The Labute approximate surface area is 142 Å². The van der Waals surface area contributed by atoms with E-state index in [2.05, 4.69) is 31.9 Å². The minimum absolute atomic E-state index is 0.280. The summed E-state index contributed by atoms with van der Waals surface area (Å²) in [4.78, 5) is 25.8. The van der Waals surface area contributed by atoms with Crippen molar-refractivity contribution >= 4 is 11.9 Å². The van der Waals surface area contributed by atoms with Crippen LogP contribution in [0.3, 0.4) is 0 Å². The molecule has 2 aliphatic rings. The first-order valence-corrected chi connectivity index (χ1v) is 8.70. The number of nitrogens with zero attached hydrogens (tertiary/aromatic N) is 4. The van der Waals surface area contributed by atoms with Crippen LogP contribution in [-0.4, -0.2) is 45.9 Å². The van der Waals surface area contributed by atoms with Gasteiger partial charge in [0.1, 0.15) is 0 Å². The van der Waals surface area contributed by atoms with Crippen molar-refractivity contribution in [3.63, 3.8) is 0 Å². The van der Waals surface area contributed by atoms with E-state index < -0.39 is 0 Å². The topological polar surface area (TPSA) is 49.3 Å². The van der Waals surface area contributed by atoms with Gasteiger partial charge < -0.3 is 9.80 Å². The number of rotatable bonds is 4.